The van der Waals surface area contributed by atoms with E-state index >= 15 is 0 Å². The molecule has 15 heavy (non-hydrogen) atoms. The Labute approximate surface area is 86.5 Å². The standard InChI is InChI=1S/C10H11NO4/c1-5(12)6-3-4-7(15-2)8(9(6)11)10(13)14/h3-4H,11H2,1-2H3,(H,13,14). The number of rotatable bonds is 3. The zero-order chi connectivity index (χ0) is 11.6. The number of carbonyl (C=O) groups is 2. The van der Waals surface area contributed by atoms with Crippen LogP contribution in [0.5, 0.6) is 5.75 Å². The Bertz CT molecular complexity index is 426. The average Bonchev–Trinajstić information content (AvgIpc) is 2.15. The summed E-state index contributed by atoms with van der Waals surface area (Å²) < 4.78 is 4.85. The van der Waals surface area contributed by atoms with Gasteiger partial charge in [-0.15, -0.1) is 0 Å². The monoisotopic (exact) mass is 209 g/mol. The van der Waals surface area contributed by atoms with E-state index in [1.165, 1.54) is 26.2 Å². The van der Waals surface area contributed by atoms with Crippen molar-refractivity contribution in [2.24, 2.45) is 0 Å². The molecular weight excluding hydrogens is 198 g/mol. The highest BCUT2D eigenvalue weighted by Gasteiger charge is 2.19. The lowest BCUT2D eigenvalue weighted by molar-refractivity contribution is 0.0694. The molecule has 0 fully saturated rings. The van der Waals surface area contributed by atoms with Crippen LogP contribution in [0.2, 0.25) is 0 Å². The lowest BCUT2D eigenvalue weighted by atomic mass is 10.0. The van der Waals surface area contributed by atoms with Crippen LogP contribution >= 0.6 is 0 Å². The summed E-state index contributed by atoms with van der Waals surface area (Å²) in [6.45, 7) is 1.32. The van der Waals surface area contributed by atoms with Crippen LogP contribution < -0.4 is 10.5 Å². The van der Waals surface area contributed by atoms with Gasteiger partial charge in [0.25, 0.3) is 0 Å². The summed E-state index contributed by atoms with van der Waals surface area (Å²) in [7, 11) is 1.34. The van der Waals surface area contributed by atoms with Crippen LogP contribution in [0.4, 0.5) is 5.69 Å². The van der Waals surface area contributed by atoms with Crippen LogP contribution in [0.25, 0.3) is 0 Å². The highest BCUT2D eigenvalue weighted by Crippen LogP contribution is 2.27. The SMILES string of the molecule is COc1ccc(C(C)=O)c(N)c1C(=O)O. The summed E-state index contributed by atoms with van der Waals surface area (Å²) in [4.78, 5) is 22.0. The molecule has 5 heteroatoms. The fourth-order valence-electron chi connectivity index (χ4n) is 1.30. The molecule has 0 bridgehead atoms. The van der Waals surface area contributed by atoms with E-state index < -0.39 is 5.97 Å². The Morgan fingerprint density at radius 3 is 2.40 bits per heavy atom. The summed E-state index contributed by atoms with van der Waals surface area (Å²) in [5, 5.41) is 8.91. The maximum Gasteiger partial charge on any atom is 0.341 e. The van der Waals surface area contributed by atoms with Crippen LogP contribution in [0, 0.1) is 0 Å². The van der Waals surface area contributed by atoms with Crippen LogP contribution in [-0.4, -0.2) is 24.0 Å². The third kappa shape index (κ3) is 1.90. The third-order valence-corrected chi connectivity index (χ3v) is 2.02. The molecule has 5 nitrogen and oxygen atoms in total. The molecule has 80 valence electrons. The predicted octanol–water partition coefficient (Wildman–Crippen LogP) is 1.18. The van der Waals surface area contributed by atoms with Gasteiger partial charge in [0.15, 0.2) is 5.78 Å². The second kappa shape index (κ2) is 4.00. The molecule has 3 N–H and O–H groups in total. The molecule has 0 atom stereocenters. The quantitative estimate of drug-likeness (QED) is 0.576. The molecule has 1 aromatic carbocycles. The van der Waals surface area contributed by atoms with Gasteiger partial charge in [-0.25, -0.2) is 4.79 Å². The molecule has 0 unspecified atom stereocenters. The minimum Gasteiger partial charge on any atom is -0.496 e. The molecule has 1 rings (SSSR count). The number of benzene rings is 1. The number of Topliss-reactive ketones (excluding diaryl/α,β-unsaturated/α-hetero) is 1. The number of nitrogens with two attached hydrogens (primary N) is 1. The van der Waals surface area contributed by atoms with Crippen LogP contribution in [0.3, 0.4) is 0 Å². The van der Waals surface area contributed by atoms with E-state index in [0.717, 1.165) is 0 Å². The van der Waals surface area contributed by atoms with E-state index in [2.05, 4.69) is 0 Å². The molecule has 0 saturated carbocycles. The molecule has 0 aliphatic rings. The third-order valence-electron chi connectivity index (χ3n) is 2.02. The molecule has 0 aliphatic carbocycles. The van der Waals surface area contributed by atoms with Crippen molar-refractivity contribution in [2.75, 3.05) is 12.8 Å². The Morgan fingerprint density at radius 2 is 2.00 bits per heavy atom. The fourth-order valence-corrected chi connectivity index (χ4v) is 1.30. The van der Waals surface area contributed by atoms with Gasteiger partial charge in [0.2, 0.25) is 0 Å². The smallest absolute Gasteiger partial charge is 0.341 e. The maximum absolute atomic E-state index is 11.1. The molecule has 0 spiro atoms. The first-order valence-corrected chi connectivity index (χ1v) is 4.19. The highest BCUT2D eigenvalue weighted by molar-refractivity contribution is 6.06. The summed E-state index contributed by atoms with van der Waals surface area (Å²) in [5.41, 5.74) is 5.53. The van der Waals surface area contributed by atoms with Gasteiger partial charge in [-0.1, -0.05) is 0 Å². The van der Waals surface area contributed by atoms with E-state index in [1.54, 1.807) is 0 Å². The fraction of sp³-hybridized carbons (Fsp3) is 0.200. The number of aromatic carboxylic acids is 1. The van der Waals surface area contributed by atoms with Gasteiger partial charge in [-0.2, -0.15) is 0 Å². The minimum absolute atomic E-state index is 0.0608. The van der Waals surface area contributed by atoms with Crippen molar-refractivity contribution in [3.63, 3.8) is 0 Å². The van der Waals surface area contributed by atoms with Crippen LogP contribution in [-0.2, 0) is 0 Å². The summed E-state index contributed by atoms with van der Waals surface area (Å²) in [6.07, 6.45) is 0. The van der Waals surface area contributed by atoms with Crippen molar-refractivity contribution >= 4 is 17.4 Å². The van der Waals surface area contributed by atoms with Crippen LogP contribution in [0.1, 0.15) is 27.6 Å². The number of ether oxygens (including phenoxy) is 1. The van der Waals surface area contributed by atoms with E-state index in [1.807, 2.05) is 0 Å². The lowest BCUT2D eigenvalue weighted by Gasteiger charge is -2.10. The maximum atomic E-state index is 11.1. The largest absolute Gasteiger partial charge is 0.496 e. The van der Waals surface area contributed by atoms with E-state index in [4.69, 9.17) is 15.6 Å². The Kier molecular flexibility index (Phi) is 2.94. The topological polar surface area (TPSA) is 89.6 Å². The number of hydrogen-bond donors (Lipinski definition) is 2. The van der Waals surface area contributed by atoms with Gasteiger partial charge in [0.1, 0.15) is 11.3 Å². The van der Waals surface area contributed by atoms with Gasteiger partial charge in [-0.05, 0) is 19.1 Å². The van der Waals surface area contributed by atoms with Crippen molar-refractivity contribution in [1.82, 2.24) is 0 Å². The summed E-state index contributed by atoms with van der Waals surface area (Å²) in [6, 6.07) is 2.86. The molecule has 0 heterocycles. The van der Waals surface area contributed by atoms with Gasteiger partial charge in [0, 0.05) is 5.56 Å². The second-order valence-corrected chi connectivity index (χ2v) is 2.97. The van der Waals surface area contributed by atoms with E-state index in [0.29, 0.717) is 0 Å². The van der Waals surface area contributed by atoms with Crippen molar-refractivity contribution < 1.29 is 19.4 Å². The molecule has 0 radical (unpaired) electrons. The molecule has 0 aromatic heterocycles. The number of anilines is 1. The molecule has 0 amide bonds. The normalized spacial score (nSPS) is 9.73. The number of carboxylic acids is 1. The number of nitrogen functional groups attached to an aromatic ring is 1. The predicted molar refractivity (Wildman–Crippen MR) is 54.4 cm³/mol. The minimum atomic E-state index is -1.22. The van der Waals surface area contributed by atoms with Gasteiger partial charge >= 0.3 is 5.97 Å². The lowest BCUT2D eigenvalue weighted by Crippen LogP contribution is -2.09. The molecule has 0 aliphatic heterocycles. The Morgan fingerprint density at radius 1 is 1.40 bits per heavy atom. The van der Waals surface area contributed by atoms with E-state index in [-0.39, 0.29) is 28.3 Å². The molecule has 1 aromatic rings. The van der Waals surface area contributed by atoms with Crippen molar-refractivity contribution in [3.05, 3.63) is 23.3 Å². The van der Waals surface area contributed by atoms with Gasteiger partial charge < -0.3 is 15.6 Å². The van der Waals surface area contributed by atoms with Gasteiger partial charge in [0.05, 0.1) is 12.8 Å². The summed E-state index contributed by atoms with van der Waals surface area (Å²) >= 11 is 0. The highest BCUT2D eigenvalue weighted by atomic mass is 16.5. The van der Waals surface area contributed by atoms with Crippen molar-refractivity contribution in [3.8, 4) is 5.75 Å². The number of carbonyl (C=O) groups excluding carboxylic acids is 1. The van der Waals surface area contributed by atoms with Crippen molar-refractivity contribution in [1.29, 1.82) is 0 Å². The molecule has 0 saturated heterocycles. The number of carboxylic acid groups (broad SMARTS) is 1. The summed E-state index contributed by atoms with van der Waals surface area (Å²) in [5.74, 6) is -1.35. The number of hydrogen-bond acceptors (Lipinski definition) is 4. The first-order chi connectivity index (χ1) is 6.99. The zero-order valence-corrected chi connectivity index (χ0v) is 8.40. The first-order valence-electron chi connectivity index (χ1n) is 4.19. The van der Waals surface area contributed by atoms with Crippen LogP contribution in [0.15, 0.2) is 12.1 Å². The second-order valence-electron chi connectivity index (χ2n) is 2.97. The Balaban J connectivity index is 3.49. The van der Waals surface area contributed by atoms with Gasteiger partial charge in [-0.3, -0.25) is 4.79 Å². The first kappa shape index (κ1) is 11.0. The van der Waals surface area contributed by atoms with Crippen molar-refractivity contribution in [2.45, 2.75) is 6.92 Å². The Hall–Kier alpha value is -2.04. The van der Waals surface area contributed by atoms with E-state index in [9.17, 15) is 9.59 Å². The molecular formula is C10H11NO4. The number of ketones is 1. The zero-order valence-electron chi connectivity index (χ0n) is 8.40. The average molecular weight is 209 g/mol. The number of methoxy groups -OCH3 is 1.